The number of anilines is 1. The number of aliphatic hydroxyl groups excluding tert-OH is 2. The topological polar surface area (TPSA) is 420 Å². The van der Waals surface area contributed by atoms with E-state index in [0.29, 0.717) is 18.5 Å². The van der Waals surface area contributed by atoms with Crippen molar-refractivity contribution in [2.24, 2.45) is 10.7 Å². The Morgan fingerprint density at radius 3 is 2.29 bits per heavy atom. The predicted octanol–water partition coefficient (Wildman–Crippen LogP) is -0.380. The van der Waals surface area contributed by atoms with Crippen LogP contribution < -0.4 is 17.0 Å². The van der Waals surface area contributed by atoms with Gasteiger partial charge in [-0.25, -0.2) is 28.7 Å². The highest BCUT2D eigenvalue weighted by Crippen LogP contribution is 2.66. The number of rotatable bonds is 16. The summed E-state index contributed by atoms with van der Waals surface area (Å²) >= 11 is 0. The van der Waals surface area contributed by atoms with E-state index in [1.54, 1.807) is 6.21 Å². The Kier molecular flexibility index (Phi) is 12.9. The Balaban J connectivity index is 1.23. The largest absolute Gasteiger partial charge is 0.490 e. The van der Waals surface area contributed by atoms with Crippen molar-refractivity contribution >= 4 is 65.9 Å². The monoisotopic (exact) mass is 905 g/mol. The second kappa shape index (κ2) is 16.8. The van der Waals surface area contributed by atoms with Crippen LogP contribution in [0.5, 0.6) is 0 Å². The van der Waals surface area contributed by atoms with Crippen molar-refractivity contribution in [3.05, 3.63) is 34.3 Å². The van der Waals surface area contributed by atoms with Gasteiger partial charge >= 0.3 is 31.1 Å². The maximum absolute atomic E-state index is 13.7. The lowest BCUT2D eigenvalue weighted by Crippen LogP contribution is -2.37. The fourth-order valence-electron chi connectivity index (χ4n) is 6.49. The lowest BCUT2D eigenvalue weighted by Gasteiger charge is -2.26. The molecule has 11 atom stereocenters. The number of phosphoric acid groups is 3. The fraction of sp³-hybridized carbons (Fsp3) is 0.577. The summed E-state index contributed by atoms with van der Waals surface area (Å²) in [6.07, 6.45) is -8.29. The lowest BCUT2D eigenvalue weighted by molar-refractivity contribution is -0.0587. The highest BCUT2D eigenvalue weighted by atomic mass is 31.3. The molecule has 2 saturated heterocycles. The number of nitrogens with two attached hydrogens (primary N) is 2. The second-order valence-corrected chi connectivity index (χ2v) is 19.3. The Hall–Kier alpha value is -3.07. The standard InChI is InChI=1S/C26H39N9O19P4/c1-3-11-4-6-29-21-15(14(11)27)30-9-34(21)25-20(48-2)19(13(51-25)8-49-57(44,45)54-58(46,47)53-56(41,42)43)52-55(39,40)7-5-12-17(36)18(37)24(50-12)35-10-31-16-22(35)32-26(28)33-23(16)38/h6,9-10,12-13,17-20,24-25,36-37H,3-5,7-8,27H2,1-2H3,(H,39,40)(H,44,45)(H,46,47)(H2,41,42,43)(H3,28,32,33,38)/t12-,13-,17-,18-,19-,20-,24-,25-/m1/s1. The Morgan fingerprint density at radius 1 is 0.931 bits per heavy atom. The van der Waals surface area contributed by atoms with Crippen LogP contribution in [0.2, 0.25) is 0 Å². The smallest absolute Gasteiger partial charge is 0.397 e. The number of allylic oxidation sites excluding steroid dienone is 1. The molecular formula is C26H39N9O19P4. The molecule has 3 aliphatic heterocycles. The molecule has 3 aromatic rings. The maximum atomic E-state index is 13.7. The number of H-pyrrole nitrogens is 1. The molecule has 2 fully saturated rings. The van der Waals surface area contributed by atoms with Gasteiger partial charge in [0.15, 0.2) is 29.4 Å². The Morgan fingerprint density at radius 2 is 1.62 bits per heavy atom. The molecule has 0 saturated carbocycles. The number of methoxy groups -OCH3 is 1. The first kappa shape index (κ1) is 44.5. The minimum atomic E-state index is -5.92. The minimum absolute atomic E-state index is 0.0806. The van der Waals surface area contributed by atoms with Crippen LogP contribution in [-0.4, -0.2) is 126 Å². The van der Waals surface area contributed by atoms with Crippen molar-refractivity contribution in [1.82, 2.24) is 29.1 Å². The van der Waals surface area contributed by atoms with Crippen molar-refractivity contribution in [3.8, 4) is 0 Å². The predicted molar refractivity (Wildman–Crippen MR) is 194 cm³/mol. The zero-order valence-corrected chi connectivity index (χ0v) is 33.6. The summed E-state index contributed by atoms with van der Waals surface area (Å²) in [6, 6.07) is 0. The Bertz CT molecular complexity index is 2350. The van der Waals surface area contributed by atoms with Crippen molar-refractivity contribution in [2.45, 2.75) is 75.3 Å². The van der Waals surface area contributed by atoms with Gasteiger partial charge < -0.3 is 60.4 Å². The van der Waals surface area contributed by atoms with E-state index in [1.165, 1.54) is 18.0 Å². The molecule has 3 aliphatic rings. The molecule has 6 heterocycles. The minimum Gasteiger partial charge on any atom is -0.397 e. The zero-order valence-electron chi connectivity index (χ0n) is 30.0. The molecular weight excluding hydrogens is 866 g/mol. The van der Waals surface area contributed by atoms with E-state index in [9.17, 15) is 47.9 Å². The van der Waals surface area contributed by atoms with Gasteiger partial charge in [-0.3, -0.25) is 32.5 Å². The Labute approximate surface area is 325 Å². The number of nitrogens with one attached hydrogen (secondary N) is 1. The molecule has 3 unspecified atom stereocenters. The average molecular weight is 906 g/mol. The zero-order chi connectivity index (χ0) is 42.5. The first-order valence-corrected chi connectivity index (χ1v) is 23.1. The number of aromatic nitrogens is 6. The highest BCUT2D eigenvalue weighted by Gasteiger charge is 2.52. The number of nitrogen functional groups attached to an aromatic ring is 1. The number of aliphatic imine (C=N–C) groups is 1. The van der Waals surface area contributed by atoms with E-state index < -0.39 is 105 Å². The SMILES string of the molecule is CCC1=C(N)c2ncn([C@@H]3O[C@H](COP(=O)(O)OP(=O)(O)OP(=O)(O)O)[C@@H](OP(=O)(O)CC[C@H]4O[C@@H](n5cnc6c(=O)[nH]c(N)nc65)[C@H](O)[C@@H]4O)[C@H]3OC)c2N=CC1. The van der Waals surface area contributed by atoms with Crippen LogP contribution in [0.4, 0.5) is 11.8 Å². The van der Waals surface area contributed by atoms with Crippen LogP contribution in [0.25, 0.3) is 16.9 Å². The van der Waals surface area contributed by atoms with Crippen molar-refractivity contribution in [1.29, 1.82) is 0 Å². The first-order chi connectivity index (χ1) is 27.0. The molecule has 32 heteroatoms. The van der Waals surface area contributed by atoms with Gasteiger partial charge in [-0.2, -0.15) is 13.6 Å². The number of nitrogens with zero attached hydrogens (tertiary/aromatic N) is 6. The van der Waals surface area contributed by atoms with E-state index in [0.717, 1.165) is 16.5 Å². The maximum Gasteiger partial charge on any atom is 0.490 e. The lowest BCUT2D eigenvalue weighted by atomic mass is 10.1. The molecule has 0 aliphatic carbocycles. The normalized spacial score (nSPS) is 29.6. The summed E-state index contributed by atoms with van der Waals surface area (Å²) in [7, 11) is -21.0. The van der Waals surface area contributed by atoms with Crippen LogP contribution in [0.3, 0.4) is 0 Å². The van der Waals surface area contributed by atoms with E-state index in [1.807, 2.05) is 6.92 Å². The molecule has 3 aromatic heterocycles. The van der Waals surface area contributed by atoms with Gasteiger partial charge in [0, 0.05) is 19.7 Å². The molecule has 322 valence electrons. The summed E-state index contributed by atoms with van der Waals surface area (Å²) in [5, 5.41) is 21.7. The molecule has 0 radical (unpaired) electrons. The molecule has 28 nitrogen and oxygen atoms in total. The molecule has 0 bridgehead atoms. The van der Waals surface area contributed by atoms with Gasteiger partial charge in [0.05, 0.1) is 37.2 Å². The number of hydrogen-bond donors (Lipinski definition) is 10. The molecule has 6 rings (SSSR count). The summed E-state index contributed by atoms with van der Waals surface area (Å²) in [5.74, 6) is -0.0982. The molecule has 0 spiro atoms. The van der Waals surface area contributed by atoms with Gasteiger partial charge in [-0.15, -0.1) is 0 Å². The molecule has 0 amide bonds. The van der Waals surface area contributed by atoms with Crippen LogP contribution in [0, 0.1) is 0 Å². The third-order valence-electron chi connectivity index (χ3n) is 9.08. The summed E-state index contributed by atoms with van der Waals surface area (Å²) < 4.78 is 87.3. The van der Waals surface area contributed by atoms with E-state index in [2.05, 4.69) is 33.5 Å². The van der Waals surface area contributed by atoms with Crippen LogP contribution >= 0.6 is 31.1 Å². The molecule has 0 aromatic carbocycles. The average Bonchev–Trinajstić information content (AvgIpc) is 3.85. The number of hydrogen-bond acceptors (Lipinski definition) is 20. The quantitative estimate of drug-likeness (QED) is 0.0819. The fourth-order valence-corrected chi connectivity index (χ4v) is 10.8. The number of fused-ring (bicyclic) bond motifs is 2. The van der Waals surface area contributed by atoms with Crippen LogP contribution in [0.1, 0.15) is 44.3 Å². The van der Waals surface area contributed by atoms with Crippen molar-refractivity contribution in [2.75, 3.05) is 25.6 Å². The number of aliphatic hydroxyl groups is 2. The van der Waals surface area contributed by atoms with Crippen molar-refractivity contribution in [3.63, 3.8) is 0 Å². The second-order valence-electron chi connectivity index (χ2n) is 12.9. The van der Waals surface area contributed by atoms with Gasteiger partial charge in [0.2, 0.25) is 5.95 Å². The van der Waals surface area contributed by atoms with Crippen LogP contribution in [0.15, 0.2) is 28.0 Å². The van der Waals surface area contributed by atoms with Crippen LogP contribution in [-0.2, 0) is 50.1 Å². The number of ether oxygens (including phenoxy) is 3. The number of imidazole rings is 2. The van der Waals surface area contributed by atoms with E-state index in [-0.39, 0.29) is 28.6 Å². The third-order valence-corrected chi connectivity index (χ3v) is 14.3. The van der Waals surface area contributed by atoms with Crippen molar-refractivity contribution < 1.29 is 84.8 Å². The highest BCUT2D eigenvalue weighted by molar-refractivity contribution is 7.66. The van der Waals surface area contributed by atoms with E-state index >= 15 is 0 Å². The first-order valence-electron chi connectivity index (χ1n) is 16.8. The summed E-state index contributed by atoms with van der Waals surface area (Å²) in [6.45, 7) is 0.765. The summed E-state index contributed by atoms with van der Waals surface area (Å²) in [4.78, 5) is 79.9. The van der Waals surface area contributed by atoms with E-state index in [4.69, 9.17) is 44.5 Å². The van der Waals surface area contributed by atoms with Gasteiger partial charge in [-0.05, 0) is 18.4 Å². The van der Waals surface area contributed by atoms with Gasteiger partial charge in [0.1, 0.15) is 36.2 Å². The summed E-state index contributed by atoms with van der Waals surface area (Å²) in [5.41, 5.74) is 12.5. The molecule has 58 heavy (non-hydrogen) atoms. The van der Waals surface area contributed by atoms with Gasteiger partial charge in [0.25, 0.3) is 5.56 Å². The third kappa shape index (κ3) is 9.60. The number of phosphoric ester groups is 1. The van der Waals surface area contributed by atoms with Gasteiger partial charge in [-0.1, -0.05) is 6.92 Å². The number of aromatic amines is 1. The molecule has 12 N–H and O–H groups in total.